The minimum absolute atomic E-state index is 0.345. The Morgan fingerprint density at radius 1 is 1.26 bits per heavy atom. The smallest absolute Gasteiger partial charge is 0.350 e. The lowest BCUT2D eigenvalue weighted by molar-refractivity contribution is -0.137. The maximum atomic E-state index is 12.6. The molecular formula is C17H20F3NS2. The number of allylic oxidation sites excluding steroid dienone is 1. The van der Waals surface area contributed by atoms with Gasteiger partial charge in [0.2, 0.25) is 0 Å². The van der Waals surface area contributed by atoms with Crippen LogP contribution in [0, 0.1) is 11.8 Å². The molecule has 0 spiro atoms. The number of hydrogen-bond acceptors (Lipinski definition) is 3. The summed E-state index contributed by atoms with van der Waals surface area (Å²) in [4.78, 5) is 0. The van der Waals surface area contributed by atoms with E-state index in [-0.39, 0.29) is 0 Å². The minimum Gasteiger partial charge on any atom is -0.350 e. The molecule has 126 valence electrons. The number of benzene rings is 1. The first-order chi connectivity index (χ1) is 10.7. The second kappa shape index (κ2) is 7.26. The summed E-state index contributed by atoms with van der Waals surface area (Å²) in [6.07, 6.45) is -3.25. The minimum atomic E-state index is -4.31. The molecule has 0 aliphatic carbocycles. The van der Waals surface area contributed by atoms with E-state index < -0.39 is 11.7 Å². The zero-order chi connectivity index (χ0) is 17.2. The van der Waals surface area contributed by atoms with Crippen molar-refractivity contribution in [3.63, 3.8) is 0 Å². The van der Waals surface area contributed by atoms with Crippen LogP contribution in [0.1, 0.15) is 32.8 Å². The van der Waals surface area contributed by atoms with Crippen molar-refractivity contribution in [1.29, 1.82) is 0 Å². The van der Waals surface area contributed by atoms with Crippen molar-refractivity contribution >= 4 is 35.0 Å². The number of anilines is 1. The van der Waals surface area contributed by atoms with E-state index in [1.165, 1.54) is 12.1 Å². The van der Waals surface area contributed by atoms with Crippen LogP contribution in [0.4, 0.5) is 18.9 Å². The lowest BCUT2D eigenvalue weighted by Gasteiger charge is -2.32. The number of hydrogen-bond donors (Lipinski definition) is 1. The van der Waals surface area contributed by atoms with E-state index in [1.54, 1.807) is 17.1 Å². The molecule has 6 heteroatoms. The van der Waals surface area contributed by atoms with Gasteiger partial charge in [0, 0.05) is 16.3 Å². The molecule has 1 heterocycles. The fraction of sp³-hybridized carbons (Fsp3) is 0.471. The number of thiocarbonyl (C=S) groups is 1. The summed E-state index contributed by atoms with van der Waals surface area (Å²) in [6.45, 7) is 6.51. The lowest BCUT2D eigenvalue weighted by atomic mass is 9.93. The quantitative estimate of drug-likeness (QED) is 0.650. The fourth-order valence-corrected chi connectivity index (χ4v) is 4.48. The number of alkyl halides is 3. The lowest BCUT2D eigenvalue weighted by Crippen LogP contribution is -2.24. The summed E-state index contributed by atoms with van der Waals surface area (Å²) >= 11 is 6.86. The van der Waals surface area contributed by atoms with Crippen LogP contribution >= 0.6 is 24.0 Å². The molecule has 1 N–H and O–H groups in total. The predicted molar refractivity (Wildman–Crippen MR) is 95.7 cm³/mol. The summed E-state index contributed by atoms with van der Waals surface area (Å²) in [5.41, 5.74) is 1.06. The van der Waals surface area contributed by atoms with Gasteiger partial charge in [-0.05, 0) is 48.1 Å². The summed E-state index contributed by atoms with van der Waals surface area (Å²) in [6, 6.07) is 5.11. The molecule has 0 radical (unpaired) electrons. The second-order valence-electron chi connectivity index (χ2n) is 6.14. The molecule has 0 aromatic heterocycles. The molecule has 2 unspecified atom stereocenters. The molecule has 23 heavy (non-hydrogen) atoms. The van der Waals surface area contributed by atoms with Gasteiger partial charge in [0.15, 0.2) is 0 Å². The molecule has 0 saturated heterocycles. The van der Waals surface area contributed by atoms with Gasteiger partial charge in [-0.2, -0.15) is 13.2 Å². The average molecular weight is 359 g/mol. The van der Waals surface area contributed by atoms with E-state index in [0.29, 0.717) is 22.8 Å². The number of rotatable bonds is 4. The van der Waals surface area contributed by atoms with Crippen molar-refractivity contribution in [3.05, 3.63) is 40.4 Å². The maximum absolute atomic E-state index is 12.6. The highest BCUT2D eigenvalue weighted by Gasteiger charge is 2.31. The molecule has 2 atom stereocenters. The van der Waals surface area contributed by atoms with Crippen LogP contribution in [0.25, 0.3) is 0 Å². The molecule has 1 nitrogen and oxygen atoms in total. The van der Waals surface area contributed by atoms with E-state index in [9.17, 15) is 13.2 Å². The van der Waals surface area contributed by atoms with Crippen LogP contribution in [0.3, 0.4) is 0 Å². The van der Waals surface area contributed by atoms with Gasteiger partial charge >= 0.3 is 6.18 Å². The van der Waals surface area contributed by atoms with E-state index >= 15 is 0 Å². The van der Waals surface area contributed by atoms with E-state index in [1.807, 2.05) is 0 Å². The van der Waals surface area contributed by atoms with Crippen LogP contribution in [0.2, 0.25) is 0 Å². The average Bonchev–Trinajstić information content (AvgIpc) is 2.46. The van der Waals surface area contributed by atoms with Crippen molar-refractivity contribution in [2.75, 3.05) is 5.32 Å². The van der Waals surface area contributed by atoms with Crippen LogP contribution in [-0.2, 0) is 6.18 Å². The first-order valence-electron chi connectivity index (χ1n) is 7.52. The van der Waals surface area contributed by atoms with Gasteiger partial charge in [-0.15, -0.1) is 11.8 Å². The van der Waals surface area contributed by atoms with Gasteiger partial charge in [-0.1, -0.05) is 33.0 Å². The summed E-state index contributed by atoms with van der Waals surface area (Å²) in [5, 5.41) is 6.36. The van der Waals surface area contributed by atoms with Crippen molar-refractivity contribution < 1.29 is 13.2 Å². The van der Waals surface area contributed by atoms with Crippen molar-refractivity contribution in [2.45, 2.75) is 38.6 Å². The van der Waals surface area contributed by atoms with Crippen LogP contribution in [0.5, 0.6) is 0 Å². The molecular weight excluding hydrogens is 339 g/mol. The number of nitrogens with one attached hydrogen (secondary N) is 1. The molecule has 1 aliphatic heterocycles. The molecule has 0 saturated carbocycles. The summed E-state index contributed by atoms with van der Waals surface area (Å²) in [5.74, 6) is 0.872. The first-order valence-corrected chi connectivity index (χ1v) is 8.87. The number of thioether (sulfide) groups is 1. The zero-order valence-electron chi connectivity index (χ0n) is 13.3. The summed E-state index contributed by atoms with van der Waals surface area (Å²) in [7, 11) is 0. The third-order valence-corrected chi connectivity index (χ3v) is 5.86. The highest BCUT2D eigenvalue weighted by Crippen LogP contribution is 2.41. The van der Waals surface area contributed by atoms with Crippen molar-refractivity contribution in [1.82, 2.24) is 0 Å². The van der Waals surface area contributed by atoms with Crippen LogP contribution in [-0.4, -0.2) is 10.6 Å². The fourth-order valence-electron chi connectivity index (χ4n) is 2.52. The molecule has 1 aromatic carbocycles. The van der Waals surface area contributed by atoms with Gasteiger partial charge in [0.25, 0.3) is 0 Å². The zero-order valence-corrected chi connectivity index (χ0v) is 14.9. The molecule has 0 bridgehead atoms. The highest BCUT2D eigenvalue weighted by molar-refractivity contribution is 8.03. The van der Waals surface area contributed by atoms with Gasteiger partial charge in [-0.3, -0.25) is 0 Å². The third kappa shape index (κ3) is 4.51. The molecule has 0 fully saturated rings. The Hall–Kier alpha value is -1.01. The van der Waals surface area contributed by atoms with Crippen LogP contribution in [0.15, 0.2) is 34.9 Å². The third-order valence-electron chi connectivity index (χ3n) is 3.99. The van der Waals surface area contributed by atoms with Gasteiger partial charge < -0.3 is 5.32 Å². The standard InChI is InChI=1S/C17H20F3NS2/c1-10(2)15-8-11(3)14(9-22)16(23-15)21-13-6-4-12(5-7-13)17(18,19)20/h4-7,9-11,15,21H,8H2,1-3H3. The van der Waals surface area contributed by atoms with Crippen molar-refractivity contribution in [3.8, 4) is 0 Å². The monoisotopic (exact) mass is 359 g/mol. The molecule has 2 rings (SSSR count). The van der Waals surface area contributed by atoms with Crippen LogP contribution < -0.4 is 5.32 Å². The Balaban J connectivity index is 2.23. The maximum Gasteiger partial charge on any atom is 0.416 e. The second-order valence-corrected chi connectivity index (χ2v) is 7.62. The molecule has 1 aromatic rings. The summed E-state index contributed by atoms with van der Waals surface area (Å²) < 4.78 is 37.9. The largest absolute Gasteiger partial charge is 0.416 e. The van der Waals surface area contributed by atoms with Gasteiger partial charge in [-0.25, -0.2) is 0 Å². The molecule has 1 aliphatic rings. The SMILES string of the molecule is CC1CC(C(C)C)SC(Nc2ccc(C(F)(F)F)cc2)=C1C=S. The van der Waals surface area contributed by atoms with E-state index in [2.05, 4.69) is 26.1 Å². The Labute approximate surface area is 144 Å². The topological polar surface area (TPSA) is 12.0 Å². The Kier molecular flexibility index (Phi) is 5.79. The number of halogens is 3. The first kappa shape index (κ1) is 18.3. The Morgan fingerprint density at radius 3 is 2.35 bits per heavy atom. The van der Waals surface area contributed by atoms with E-state index in [0.717, 1.165) is 29.2 Å². The van der Waals surface area contributed by atoms with Crippen molar-refractivity contribution in [2.24, 2.45) is 11.8 Å². The normalized spacial score (nSPS) is 22.4. The highest BCUT2D eigenvalue weighted by atomic mass is 32.2. The predicted octanol–water partition coefficient (Wildman–Crippen LogP) is 6.13. The van der Waals surface area contributed by atoms with Gasteiger partial charge in [0.1, 0.15) is 0 Å². The Bertz CT molecular complexity index is 591. The molecule has 0 amide bonds. The van der Waals surface area contributed by atoms with Gasteiger partial charge in [0.05, 0.1) is 10.6 Å². The Morgan fingerprint density at radius 2 is 1.87 bits per heavy atom. The van der Waals surface area contributed by atoms with E-state index in [4.69, 9.17) is 12.2 Å².